The highest BCUT2D eigenvalue weighted by Crippen LogP contribution is 2.22. The normalized spacial score (nSPS) is 16.6. The molecule has 0 spiro atoms. The molecule has 0 radical (unpaired) electrons. The van der Waals surface area contributed by atoms with E-state index in [0.29, 0.717) is 32.0 Å². The topological polar surface area (TPSA) is 67.2 Å². The molecule has 140 valence electrons. The van der Waals surface area contributed by atoms with Crippen LogP contribution in [-0.2, 0) is 22.6 Å². The van der Waals surface area contributed by atoms with Crippen molar-refractivity contribution in [1.82, 2.24) is 20.0 Å². The molecule has 0 saturated heterocycles. The third kappa shape index (κ3) is 4.52. The fraction of sp³-hybridized carbons (Fsp3) is 0.526. The molecule has 1 aliphatic heterocycles. The predicted molar refractivity (Wildman–Crippen MR) is 102 cm³/mol. The quantitative estimate of drug-likeness (QED) is 0.810. The highest BCUT2D eigenvalue weighted by atomic mass is 32.1. The lowest BCUT2D eigenvalue weighted by molar-refractivity contribution is -0.135. The summed E-state index contributed by atoms with van der Waals surface area (Å²) in [5.74, 6) is 0.529. The summed E-state index contributed by atoms with van der Waals surface area (Å²) >= 11 is 1.69. The van der Waals surface area contributed by atoms with Crippen molar-refractivity contribution >= 4 is 23.2 Å². The Morgan fingerprint density at radius 3 is 2.96 bits per heavy atom. The molecule has 0 saturated carbocycles. The number of rotatable bonds is 7. The van der Waals surface area contributed by atoms with Crippen LogP contribution in [-0.4, -0.2) is 39.6 Å². The Balaban J connectivity index is 1.61. The Labute approximate surface area is 158 Å². The van der Waals surface area contributed by atoms with Crippen LogP contribution >= 0.6 is 11.3 Å². The van der Waals surface area contributed by atoms with Gasteiger partial charge in [-0.25, -0.2) is 0 Å². The van der Waals surface area contributed by atoms with E-state index in [4.69, 9.17) is 0 Å². The minimum absolute atomic E-state index is 0.0761. The Morgan fingerprint density at radius 1 is 1.38 bits per heavy atom. The zero-order valence-corrected chi connectivity index (χ0v) is 16.2. The summed E-state index contributed by atoms with van der Waals surface area (Å²) in [5.41, 5.74) is 0.910. The van der Waals surface area contributed by atoms with Gasteiger partial charge in [0.25, 0.3) is 0 Å². The number of hydrogen-bond acceptors (Lipinski definition) is 4. The molecule has 1 atom stereocenters. The summed E-state index contributed by atoms with van der Waals surface area (Å²) in [6.45, 7) is 5.73. The molecule has 6 nitrogen and oxygen atoms in total. The van der Waals surface area contributed by atoms with Gasteiger partial charge in [-0.05, 0) is 36.3 Å². The molecule has 1 aliphatic rings. The fourth-order valence-electron chi connectivity index (χ4n) is 3.13. The summed E-state index contributed by atoms with van der Waals surface area (Å²) in [7, 11) is 0. The third-order valence-electron chi connectivity index (χ3n) is 4.64. The van der Waals surface area contributed by atoms with Gasteiger partial charge >= 0.3 is 0 Å². The summed E-state index contributed by atoms with van der Waals surface area (Å²) < 4.78 is 1.76. The molecule has 3 heterocycles. The van der Waals surface area contributed by atoms with Crippen molar-refractivity contribution in [1.29, 1.82) is 0 Å². The third-order valence-corrected chi connectivity index (χ3v) is 5.57. The van der Waals surface area contributed by atoms with Crippen molar-refractivity contribution < 1.29 is 9.59 Å². The summed E-state index contributed by atoms with van der Waals surface area (Å²) in [6.07, 6.45) is 3.91. The van der Waals surface area contributed by atoms with E-state index in [-0.39, 0.29) is 11.8 Å². The largest absolute Gasteiger partial charge is 0.354 e. The molecule has 2 aromatic heterocycles. The minimum atomic E-state index is -0.458. The van der Waals surface area contributed by atoms with E-state index < -0.39 is 6.04 Å². The van der Waals surface area contributed by atoms with Crippen LogP contribution < -0.4 is 5.32 Å². The second-order valence-electron chi connectivity index (χ2n) is 7.11. The van der Waals surface area contributed by atoms with E-state index in [9.17, 15) is 9.59 Å². The van der Waals surface area contributed by atoms with E-state index >= 15 is 0 Å². The lowest BCUT2D eigenvalue weighted by Crippen LogP contribution is -2.47. The molecule has 0 aliphatic carbocycles. The highest BCUT2D eigenvalue weighted by molar-refractivity contribution is 7.09. The maximum atomic E-state index is 12.7. The first kappa shape index (κ1) is 18.6. The number of aromatic nitrogens is 2. The summed E-state index contributed by atoms with van der Waals surface area (Å²) in [4.78, 5) is 28.3. The van der Waals surface area contributed by atoms with Crippen LogP contribution in [0.3, 0.4) is 0 Å². The Hall–Kier alpha value is -2.15. The van der Waals surface area contributed by atoms with Gasteiger partial charge in [0.2, 0.25) is 11.8 Å². The molecule has 26 heavy (non-hydrogen) atoms. The maximum absolute atomic E-state index is 12.7. The van der Waals surface area contributed by atoms with E-state index in [0.717, 1.165) is 18.5 Å². The smallest absolute Gasteiger partial charge is 0.246 e. The SMILES string of the molecule is CC(C)CCC(=O)N1Cc2ccnn2[C@@H](C(=O)NCCc2cccs2)C1. The van der Waals surface area contributed by atoms with Crippen molar-refractivity contribution in [3.05, 3.63) is 40.3 Å². The van der Waals surface area contributed by atoms with Gasteiger partial charge in [0.05, 0.1) is 18.8 Å². The first-order chi connectivity index (χ1) is 12.5. The molecule has 0 unspecified atom stereocenters. The van der Waals surface area contributed by atoms with Gasteiger partial charge in [0, 0.05) is 24.0 Å². The standard InChI is InChI=1S/C19H26N4O2S/c1-14(2)5-6-18(24)22-12-15-7-10-21-23(15)17(13-22)19(25)20-9-8-16-4-3-11-26-16/h3-4,7,10-11,14,17H,5-6,8-9,12-13H2,1-2H3,(H,20,25)/t17-/m1/s1. The number of amides is 2. The van der Waals surface area contributed by atoms with Crippen LogP contribution in [0.5, 0.6) is 0 Å². The van der Waals surface area contributed by atoms with Crippen molar-refractivity contribution in [2.24, 2.45) is 5.92 Å². The highest BCUT2D eigenvalue weighted by Gasteiger charge is 2.32. The monoisotopic (exact) mass is 374 g/mol. The Morgan fingerprint density at radius 2 is 2.23 bits per heavy atom. The van der Waals surface area contributed by atoms with Crippen LogP contribution in [0.1, 0.15) is 43.3 Å². The molecule has 7 heteroatoms. The van der Waals surface area contributed by atoms with E-state index in [2.05, 4.69) is 30.3 Å². The van der Waals surface area contributed by atoms with Gasteiger partial charge < -0.3 is 10.2 Å². The van der Waals surface area contributed by atoms with Crippen LogP contribution in [0.25, 0.3) is 0 Å². The van der Waals surface area contributed by atoms with Gasteiger partial charge in [-0.15, -0.1) is 11.3 Å². The first-order valence-corrected chi connectivity index (χ1v) is 10.0. The second kappa shape index (κ2) is 8.49. The van der Waals surface area contributed by atoms with Crippen LogP contribution in [0.4, 0.5) is 0 Å². The molecular weight excluding hydrogens is 348 g/mol. The lowest BCUT2D eigenvalue weighted by atomic mass is 10.1. The van der Waals surface area contributed by atoms with Gasteiger partial charge in [0.1, 0.15) is 6.04 Å². The number of nitrogens with zero attached hydrogens (tertiary/aromatic N) is 3. The molecule has 0 fully saturated rings. The molecule has 1 N–H and O–H groups in total. The molecule has 3 rings (SSSR count). The molecule has 2 amide bonds. The molecule has 0 aromatic carbocycles. The van der Waals surface area contributed by atoms with E-state index in [1.165, 1.54) is 4.88 Å². The number of hydrogen-bond donors (Lipinski definition) is 1. The summed E-state index contributed by atoms with van der Waals surface area (Å²) in [6, 6.07) is 5.51. The molecular formula is C19H26N4O2S. The van der Waals surface area contributed by atoms with Crippen molar-refractivity contribution in [2.45, 2.75) is 45.7 Å². The zero-order valence-electron chi connectivity index (χ0n) is 15.4. The predicted octanol–water partition coefficient (Wildman–Crippen LogP) is 2.62. The molecule has 2 aromatic rings. The van der Waals surface area contributed by atoms with Crippen molar-refractivity contribution in [3.63, 3.8) is 0 Å². The van der Waals surface area contributed by atoms with E-state index in [1.54, 1.807) is 27.1 Å². The minimum Gasteiger partial charge on any atom is -0.354 e. The average Bonchev–Trinajstić information content (AvgIpc) is 3.29. The number of carbonyl (C=O) groups excluding carboxylic acids is 2. The zero-order chi connectivity index (χ0) is 18.5. The Kier molecular flexibility index (Phi) is 6.08. The van der Waals surface area contributed by atoms with Gasteiger partial charge in [-0.2, -0.15) is 5.10 Å². The average molecular weight is 375 g/mol. The van der Waals surface area contributed by atoms with E-state index in [1.807, 2.05) is 17.5 Å². The Bertz CT molecular complexity index is 739. The number of thiophene rings is 1. The van der Waals surface area contributed by atoms with Gasteiger partial charge in [0.15, 0.2) is 0 Å². The second-order valence-corrected chi connectivity index (χ2v) is 8.14. The molecule has 0 bridgehead atoms. The maximum Gasteiger partial charge on any atom is 0.246 e. The number of nitrogens with one attached hydrogen (secondary N) is 1. The van der Waals surface area contributed by atoms with Crippen molar-refractivity contribution in [3.8, 4) is 0 Å². The number of carbonyl (C=O) groups is 2. The van der Waals surface area contributed by atoms with Gasteiger partial charge in [-0.1, -0.05) is 19.9 Å². The van der Waals surface area contributed by atoms with Gasteiger partial charge in [-0.3, -0.25) is 14.3 Å². The van der Waals surface area contributed by atoms with Crippen LogP contribution in [0, 0.1) is 5.92 Å². The summed E-state index contributed by atoms with van der Waals surface area (Å²) in [5, 5.41) is 9.34. The number of fused-ring (bicyclic) bond motifs is 1. The van der Waals surface area contributed by atoms with Crippen LogP contribution in [0.15, 0.2) is 29.8 Å². The first-order valence-electron chi connectivity index (χ1n) is 9.15. The fourth-order valence-corrected chi connectivity index (χ4v) is 3.84. The van der Waals surface area contributed by atoms with Crippen LogP contribution in [0.2, 0.25) is 0 Å². The van der Waals surface area contributed by atoms with Crippen molar-refractivity contribution in [2.75, 3.05) is 13.1 Å². The lowest BCUT2D eigenvalue weighted by Gasteiger charge is -2.33.